The zero-order chi connectivity index (χ0) is 35.5. The number of carbonyl (C=O) groups excluding carboxylic acids is 6. The lowest BCUT2D eigenvalue weighted by atomic mass is 9.84. The van der Waals surface area contributed by atoms with Crippen LogP contribution in [-0.4, -0.2) is 64.3 Å². The summed E-state index contributed by atoms with van der Waals surface area (Å²) in [7, 11) is 0. The number of amides is 2. The first kappa shape index (κ1) is 39.1. The highest BCUT2D eigenvalue weighted by Gasteiger charge is 2.51. The van der Waals surface area contributed by atoms with Crippen molar-refractivity contribution >= 4 is 40.8 Å². The van der Waals surface area contributed by atoms with Crippen LogP contribution < -0.4 is 11.1 Å². The van der Waals surface area contributed by atoms with Crippen molar-refractivity contribution in [3.63, 3.8) is 0 Å². The number of carbonyl (C=O) groups is 6. The summed E-state index contributed by atoms with van der Waals surface area (Å²) < 4.78 is 0. The number of hydrogen-bond donors (Lipinski definition) is 3. The van der Waals surface area contributed by atoms with Crippen LogP contribution >= 0.6 is 0 Å². The Bertz CT molecular complexity index is 1230. The minimum absolute atomic E-state index is 0.00790. The van der Waals surface area contributed by atoms with Crippen molar-refractivity contribution in [2.24, 2.45) is 57.5 Å². The summed E-state index contributed by atoms with van der Waals surface area (Å²) in [4.78, 5) is 82.4. The summed E-state index contributed by atoms with van der Waals surface area (Å²) in [5.74, 6) is -2.68. The Kier molecular flexibility index (Phi) is 15.0. The Hall–Kier alpha value is -3.31. The first-order valence-corrected chi connectivity index (χ1v) is 18.2. The van der Waals surface area contributed by atoms with Gasteiger partial charge in [0.2, 0.25) is 17.6 Å². The molecule has 1 heterocycles. The third kappa shape index (κ3) is 10.9. The lowest BCUT2D eigenvalue weighted by Crippen LogP contribution is -2.56. The van der Waals surface area contributed by atoms with Crippen LogP contribution in [0.5, 0.6) is 0 Å². The Labute approximate surface area is 285 Å². The van der Waals surface area contributed by atoms with Crippen LogP contribution in [-0.2, 0) is 28.8 Å². The molecule has 0 spiro atoms. The van der Waals surface area contributed by atoms with Crippen LogP contribution in [0.4, 0.5) is 0 Å². The molecule has 0 aromatic heterocycles. The molecule has 0 aromatic carbocycles. The number of Topliss-reactive ketones (excluding diaryl/α,β-unsaturated/α-hetero) is 4. The summed E-state index contributed by atoms with van der Waals surface area (Å²) in [6, 6.07) is -1.55. The highest BCUT2D eigenvalue weighted by molar-refractivity contribution is 6.38. The largest absolute Gasteiger partial charge is 0.386 e. The fourth-order valence-corrected chi connectivity index (χ4v) is 7.57. The number of unbranched alkanes of at least 4 members (excludes halogenated alkanes) is 1. The number of nitrogens with two attached hydrogens (primary N) is 1. The van der Waals surface area contributed by atoms with Crippen molar-refractivity contribution in [2.75, 3.05) is 6.54 Å². The molecule has 3 aliphatic rings. The first-order valence-electron chi connectivity index (χ1n) is 18.2. The molecule has 0 aromatic rings. The second-order valence-corrected chi connectivity index (χ2v) is 15.1. The molecule has 2 saturated carbocycles. The van der Waals surface area contributed by atoms with E-state index in [1.54, 1.807) is 4.90 Å². The zero-order valence-electron chi connectivity index (χ0n) is 29.7. The first-order chi connectivity index (χ1) is 22.8. The lowest BCUT2D eigenvalue weighted by Gasteiger charge is -2.33. The average molecular weight is 671 g/mol. The smallest absolute Gasteiger partial charge is 0.246 e. The van der Waals surface area contributed by atoms with Gasteiger partial charge in [0, 0.05) is 50.5 Å². The number of amidine groups is 1. The number of nitrogens with one attached hydrogen (secondary N) is 2. The van der Waals surface area contributed by atoms with E-state index in [9.17, 15) is 28.8 Å². The minimum atomic E-state index is -0.874. The summed E-state index contributed by atoms with van der Waals surface area (Å²) in [6.07, 6.45) is 7.96. The van der Waals surface area contributed by atoms with E-state index in [1.165, 1.54) is 0 Å². The SMILES string of the molecule is CCCC(CC(=O)C1[C@H]2CCC[C@H]2CN1C(=O)[C@@H](NC(=O)[C@H](CC(=O)CCCCC(N)=NN=N)C(C)C)C(C)C)C(=O)C(=O)CC1CC1. The minimum Gasteiger partial charge on any atom is -0.386 e. The molecule has 12 heteroatoms. The van der Waals surface area contributed by atoms with Gasteiger partial charge in [0.25, 0.3) is 0 Å². The van der Waals surface area contributed by atoms with Crippen LogP contribution in [0.3, 0.4) is 0 Å². The van der Waals surface area contributed by atoms with Crippen LogP contribution in [0.25, 0.3) is 0 Å². The van der Waals surface area contributed by atoms with E-state index in [-0.39, 0.29) is 84.4 Å². The van der Waals surface area contributed by atoms with Crippen molar-refractivity contribution in [3.05, 3.63) is 0 Å². The highest BCUT2D eigenvalue weighted by Crippen LogP contribution is 2.44. The second kappa shape index (κ2) is 18.5. The third-order valence-electron chi connectivity index (χ3n) is 10.5. The van der Waals surface area contributed by atoms with E-state index >= 15 is 0 Å². The third-order valence-corrected chi connectivity index (χ3v) is 10.5. The molecule has 1 saturated heterocycles. The van der Waals surface area contributed by atoms with E-state index < -0.39 is 29.7 Å². The molecular formula is C36H58N6O6. The second-order valence-electron chi connectivity index (χ2n) is 15.1. The molecule has 3 rings (SSSR count). The number of ketones is 4. The lowest BCUT2D eigenvalue weighted by molar-refractivity contribution is -0.145. The number of likely N-dealkylation sites (tertiary alicyclic amines) is 1. The van der Waals surface area contributed by atoms with Gasteiger partial charge in [0.1, 0.15) is 17.7 Å². The standard InChI is InChI=1S/C36H58N6O6/c1-6-10-24(34(46)30(45)17-23-15-16-23)18-29(44)33-27-13-9-11-25(27)20-42(33)36(48)32(22(4)5)39-35(47)28(21(2)3)19-26(43)12-7-8-14-31(37)40-41-38/h21-25,27-28,32-33H,6-20H2,1-5H3,(H,39,47)(H3,37,38,40)/t24?,25-,27-,28+,32-,33?/m0/s1. The molecule has 48 heavy (non-hydrogen) atoms. The van der Waals surface area contributed by atoms with Gasteiger partial charge in [-0.2, -0.15) is 5.53 Å². The molecule has 3 fully saturated rings. The van der Waals surface area contributed by atoms with Gasteiger partial charge in [0.05, 0.1) is 6.04 Å². The summed E-state index contributed by atoms with van der Waals surface area (Å²) in [5, 5.41) is 9.34. The predicted molar refractivity (Wildman–Crippen MR) is 182 cm³/mol. The average Bonchev–Trinajstić information content (AvgIpc) is 3.59. The molecule has 1 aliphatic heterocycles. The van der Waals surface area contributed by atoms with Gasteiger partial charge in [-0.05, 0) is 74.5 Å². The zero-order valence-corrected chi connectivity index (χ0v) is 29.7. The van der Waals surface area contributed by atoms with Crippen molar-refractivity contribution in [1.29, 1.82) is 5.53 Å². The van der Waals surface area contributed by atoms with E-state index in [0.29, 0.717) is 44.6 Å². The molecule has 2 unspecified atom stereocenters. The van der Waals surface area contributed by atoms with Crippen molar-refractivity contribution < 1.29 is 28.8 Å². The van der Waals surface area contributed by atoms with Gasteiger partial charge in [-0.3, -0.25) is 28.8 Å². The monoisotopic (exact) mass is 670 g/mol. The maximum absolute atomic E-state index is 14.3. The topological polar surface area (TPSA) is 192 Å². The van der Waals surface area contributed by atoms with Crippen LogP contribution in [0, 0.1) is 47.0 Å². The number of hydrogen-bond acceptors (Lipinski definition) is 8. The molecule has 4 N–H and O–H groups in total. The van der Waals surface area contributed by atoms with Crippen LogP contribution in [0.15, 0.2) is 10.3 Å². The van der Waals surface area contributed by atoms with Gasteiger partial charge >= 0.3 is 0 Å². The van der Waals surface area contributed by atoms with Crippen LogP contribution in [0.2, 0.25) is 0 Å². The van der Waals surface area contributed by atoms with Gasteiger partial charge in [-0.15, -0.1) is 5.10 Å². The number of rotatable bonds is 22. The summed E-state index contributed by atoms with van der Waals surface area (Å²) in [5.41, 5.74) is 12.4. The predicted octanol–water partition coefficient (Wildman–Crippen LogP) is 5.16. The number of fused-ring (bicyclic) bond motifs is 1. The Morgan fingerprint density at radius 1 is 0.938 bits per heavy atom. The molecule has 2 aliphatic carbocycles. The van der Waals surface area contributed by atoms with Crippen LogP contribution in [0.1, 0.15) is 125 Å². The van der Waals surface area contributed by atoms with Gasteiger partial charge in [0.15, 0.2) is 11.6 Å². The molecule has 6 atom stereocenters. The highest BCUT2D eigenvalue weighted by atomic mass is 16.2. The quantitative estimate of drug-likeness (QED) is 0.0353. The fraction of sp³-hybridized carbons (Fsp3) is 0.806. The van der Waals surface area contributed by atoms with Crippen molar-refractivity contribution in [2.45, 2.75) is 137 Å². The maximum atomic E-state index is 14.3. The molecule has 2 amide bonds. The normalized spacial score (nSPS) is 22.7. The van der Waals surface area contributed by atoms with E-state index in [2.05, 4.69) is 15.6 Å². The van der Waals surface area contributed by atoms with E-state index in [4.69, 9.17) is 11.3 Å². The van der Waals surface area contributed by atoms with E-state index in [0.717, 1.165) is 32.1 Å². The van der Waals surface area contributed by atoms with Crippen molar-refractivity contribution in [3.8, 4) is 0 Å². The molecular weight excluding hydrogens is 612 g/mol. The van der Waals surface area contributed by atoms with E-state index in [1.807, 2.05) is 34.6 Å². The molecule has 268 valence electrons. The Morgan fingerprint density at radius 3 is 2.23 bits per heavy atom. The summed E-state index contributed by atoms with van der Waals surface area (Å²) >= 11 is 0. The molecule has 0 bridgehead atoms. The van der Waals surface area contributed by atoms with Gasteiger partial charge in [-0.25, -0.2) is 0 Å². The Balaban J connectivity index is 1.70. The fourth-order valence-electron chi connectivity index (χ4n) is 7.57. The number of nitrogens with zero attached hydrogens (tertiary/aromatic N) is 3. The van der Waals surface area contributed by atoms with Gasteiger partial charge in [-0.1, -0.05) is 52.7 Å². The Morgan fingerprint density at radius 2 is 1.62 bits per heavy atom. The van der Waals surface area contributed by atoms with Crippen molar-refractivity contribution in [1.82, 2.24) is 10.2 Å². The van der Waals surface area contributed by atoms with Gasteiger partial charge < -0.3 is 16.0 Å². The maximum Gasteiger partial charge on any atom is 0.246 e. The molecule has 0 radical (unpaired) electrons. The summed E-state index contributed by atoms with van der Waals surface area (Å²) in [6.45, 7) is 9.85. The molecule has 12 nitrogen and oxygen atoms in total.